The van der Waals surface area contributed by atoms with E-state index in [9.17, 15) is 8.42 Å². The maximum atomic E-state index is 11.5. The van der Waals surface area contributed by atoms with Gasteiger partial charge in [-0.15, -0.1) is 0 Å². The second kappa shape index (κ2) is 5.30. The van der Waals surface area contributed by atoms with E-state index in [1.807, 2.05) is 14.0 Å². The molecule has 15 heavy (non-hydrogen) atoms. The normalized spacial score (nSPS) is 23.7. The molecule has 3 nitrogen and oxygen atoms in total. The van der Waals surface area contributed by atoms with Gasteiger partial charge in [0.05, 0.1) is 5.25 Å². The summed E-state index contributed by atoms with van der Waals surface area (Å²) in [6, 6.07) is 0.125. The Hall–Kier alpha value is -0.0900. The zero-order valence-corrected chi connectivity index (χ0v) is 10.8. The monoisotopic (exact) mass is 233 g/mol. The molecule has 1 aliphatic carbocycles. The molecule has 0 heterocycles. The van der Waals surface area contributed by atoms with Crippen LogP contribution in [-0.4, -0.2) is 33.0 Å². The van der Waals surface area contributed by atoms with Crippen molar-refractivity contribution in [3.05, 3.63) is 0 Å². The van der Waals surface area contributed by atoms with Crippen LogP contribution in [0.25, 0.3) is 0 Å². The van der Waals surface area contributed by atoms with Crippen LogP contribution >= 0.6 is 0 Å². The van der Waals surface area contributed by atoms with E-state index in [-0.39, 0.29) is 11.3 Å². The van der Waals surface area contributed by atoms with E-state index in [1.54, 1.807) is 0 Å². The summed E-state index contributed by atoms with van der Waals surface area (Å²) >= 11 is 0. The highest BCUT2D eigenvalue weighted by atomic mass is 32.2. The molecule has 0 aromatic carbocycles. The summed E-state index contributed by atoms with van der Waals surface area (Å²) in [4.78, 5) is 0. The SMILES string of the molecule is CNC(C1CCCCC1)C(C)S(C)(=O)=O. The first-order valence-corrected chi connectivity index (χ1v) is 7.78. The predicted molar refractivity (Wildman–Crippen MR) is 63.7 cm³/mol. The molecule has 0 bridgehead atoms. The minimum absolute atomic E-state index is 0.125. The third kappa shape index (κ3) is 3.45. The van der Waals surface area contributed by atoms with Crippen molar-refractivity contribution in [2.45, 2.75) is 50.3 Å². The van der Waals surface area contributed by atoms with Crippen LogP contribution in [0, 0.1) is 5.92 Å². The van der Waals surface area contributed by atoms with Gasteiger partial charge in [-0.25, -0.2) is 8.42 Å². The summed E-state index contributed by atoms with van der Waals surface area (Å²) in [6.07, 6.45) is 7.49. The largest absolute Gasteiger partial charge is 0.315 e. The molecular weight excluding hydrogens is 210 g/mol. The fourth-order valence-corrected chi connectivity index (χ4v) is 3.50. The van der Waals surface area contributed by atoms with Crippen molar-refractivity contribution in [2.24, 2.45) is 5.92 Å². The highest BCUT2D eigenvalue weighted by molar-refractivity contribution is 7.91. The molecule has 0 aromatic heterocycles. The Morgan fingerprint density at radius 1 is 1.20 bits per heavy atom. The Morgan fingerprint density at radius 2 is 1.73 bits per heavy atom. The summed E-state index contributed by atoms with van der Waals surface area (Å²) in [6.45, 7) is 1.82. The number of hydrogen-bond acceptors (Lipinski definition) is 3. The molecule has 1 N–H and O–H groups in total. The van der Waals surface area contributed by atoms with Gasteiger partial charge in [0.15, 0.2) is 9.84 Å². The van der Waals surface area contributed by atoms with Crippen LogP contribution in [0.1, 0.15) is 39.0 Å². The van der Waals surface area contributed by atoms with Crippen molar-refractivity contribution >= 4 is 9.84 Å². The van der Waals surface area contributed by atoms with Gasteiger partial charge in [-0.2, -0.15) is 0 Å². The second-order valence-electron chi connectivity index (χ2n) is 4.75. The lowest BCUT2D eigenvalue weighted by atomic mass is 9.83. The van der Waals surface area contributed by atoms with E-state index in [2.05, 4.69) is 5.32 Å². The molecular formula is C11H23NO2S. The van der Waals surface area contributed by atoms with Crippen LogP contribution in [0.5, 0.6) is 0 Å². The van der Waals surface area contributed by atoms with Gasteiger partial charge in [0.25, 0.3) is 0 Å². The number of hydrogen-bond donors (Lipinski definition) is 1. The first-order valence-electron chi connectivity index (χ1n) is 5.83. The average Bonchev–Trinajstić information content (AvgIpc) is 2.19. The highest BCUT2D eigenvalue weighted by Gasteiger charge is 2.31. The molecule has 90 valence electrons. The van der Waals surface area contributed by atoms with Gasteiger partial charge >= 0.3 is 0 Å². The van der Waals surface area contributed by atoms with Gasteiger partial charge in [-0.1, -0.05) is 19.3 Å². The Morgan fingerprint density at radius 3 is 2.13 bits per heavy atom. The van der Waals surface area contributed by atoms with Gasteiger partial charge in [0.2, 0.25) is 0 Å². The second-order valence-corrected chi connectivity index (χ2v) is 7.15. The van der Waals surface area contributed by atoms with Crippen molar-refractivity contribution in [3.63, 3.8) is 0 Å². The fraction of sp³-hybridized carbons (Fsp3) is 1.00. The molecule has 0 aliphatic heterocycles. The van der Waals surface area contributed by atoms with E-state index in [1.165, 1.54) is 38.4 Å². The zero-order valence-electron chi connectivity index (χ0n) is 9.99. The van der Waals surface area contributed by atoms with Crippen LogP contribution in [0.4, 0.5) is 0 Å². The lowest BCUT2D eigenvalue weighted by Gasteiger charge is -2.33. The quantitative estimate of drug-likeness (QED) is 0.802. The lowest BCUT2D eigenvalue weighted by molar-refractivity contribution is 0.274. The van der Waals surface area contributed by atoms with Crippen molar-refractivity contribution in [3.8, 4) is 0 Å². The van der Waals surface area contributed by atoms with E-state index in [4.69, 9.17) is 0 Å². The Kier molecular flexibility index (Phi) is 4.59. The lowest BCUT2D eigenvalue weighted by Crippen LogP contribution is -2.46. The van der Waals surface area contributed by atoms with Gasteiger partial charge in [-0.05, 0) is 32.7 Å². The van der Waals surface area contributed by atoms with E-state index in [0.29, 0.717) is 5.92 Å². The Labute approximate surface area is 93.6 Å². The molecule has 0 saturated heterocycles. The summed E-state index contributed by atoms with van der Waals surface area (Å²) in [7, 11) is -1.05. The summed E-state index contributed by atoms with van der Waals surface area (Å²) in [5.41, 5.74) is 0. The fourth-order valence-electron chi connectivity index (χ4n) is 2.61. The van der Waals surface area contributed by atoms with E-state index >= 15 is 0 Å². The Bertz CT molecular complexity index is 281. The molecule has 1 fully saturated rings. The van der Waals surface area contributed by atoms with Crippen LogP contribution in [-0.2, 0) is 9.84 Å². The third-order valence-electron chi connectivity index (χ3n) is 3.67. The van der Waals surface area contributed by atoms with E-state index < -0.39 is 9.84 Å². The van der Waals surface area contributed by atoms with Crippen molar-refractivity contribution in [2.75, 3.05) is 13.3 Å². The molecule has 1 saturated carbocycles. The molecule has 2 atom stereocenters. The topological polar surface area (TPSA) is 46.2 Å². The summed E-state index contributed by atoms with van der Waals surface area (Å²) in [5, 5.41) is 2.93. The van der Waals surface area contributed by atoms with Gasteiger partial charge in [0.1, 0.15) is 0 Å². The molecule has 2 unspecified atom stereocenters. The number of nitrogens with one attached hydrogen (secondary N) is 1. The number of sulfone groups is 1. The average molecular weight is 233 g/mol. The minimum atomic E-state index is -2.93. The van der Waals surface area contributed by atoms with Crippen molar-refractivity contribution in [1.29, 1.82) is 0 Å². The molecule has 1 aliphatic rings. The Balaban J connectivity index is 2.69. The molecule has 0 aromatic rings. The molecule has 4 heteroatoms. The third-order valence-corrected chi connectivity index (χ3v) is 5.32. The molecule has 0 amide bonds. The van der Waals surface area contributed by atoms with Crippen molar-refractivity contribution < 1.29 is 8.42 Å². The maximum absolute atomic E-state index is 11.5. The first kappa shape index (κ1) is 13.0. The minimum Gasteiger partial charge on any atom is -0.315 e. The van der Waals surface area contributed by atoms with Crippen molar-refractivity contribution in [1.82, 2.24) is 5.32 Å². The van der Waals surface area contributed by atoms with Gasteiger partial charge in [0, 0.05) is 12.3 Å². The molecule has 0 spiro atoms. The predicted octanol–water partition coefficient (Wildman–Crippen LogP) is 1.59. The first-order chi connectivity index (χ1) is 6.96. The van der Waals surface area contributed by atoms with Crippen LogP contribution in [0.2, 0.25) is 0 Å². The van der Waals surface area contributed by atoms with Gasteiger partial charge in [-0.3, -0.25) is 0 Å². The smallest absolute Gasteiger partial charge is 0.151 e. The molecule has 1 rings (SSSR count). The summed E-state index contributed by atoms with van der Waals surface area (Å²) in [5.74, 6) is 0.536. The van der Waals surface area contributed by atoms with Crippen LogP contribution < -0.4 is 5.32 Å². The van der Waals surface area contributed by atoms with E-state index in [0.717, 1.165) is 0 Å². The van der Waals surface area contributed by atoms with Crippen LogP contribution in [0.3, 0.4) is 0 Å². The summed E-state index contributed by atoms with van der Waals surface area (Å²) < 4.78 is 23.1. The van der Waals surface area contributed by atoms with Gasteiger partial charge < -0.3 is 5.32 Å². The maximum Gasteiger partial charge on any atom is 0.151 e. The number of rotatable bonds is 4. The zero-order chi connectivity index (χ0) is 11.5. The van der Waals surface area contributed by atoms with Crippen LogP contribution in [0.15, 0.2) is 0 Å². The standard InChI is InChI=1S/C11H23NO2S/c1-9(15(3,13)14)11(12-2)10-7-5-4-6-8-10/h9-12H,4-8H2,1-3H3. The highest BCUT2D eigenvalue weighted by Crippen LogP contribution is 2.29. The molecule has 0 radical (unpaired) electrons.